The second-order valence-electron chi connectivity index (χ2n) is 4.66. The average Bonchev–Trinajstić information content (AvgIpc) is 3.05. The molecule has 2 aromatic heterocycles. The number of imidazole rings is 1. The van der Waals surface area contributed by atoms with Crippen molar-refractivity contribution in [3.63, 3.8) is 0 Å². The molecule has 0 saturated carbocycles. The van der Waals surface area contributed by atoms with Crippen molar-refractivity contribution in [2.24, 2.45) is 0 Å². The van der Waals surface area contributed by atoms with Crippen LogP contribution in [0.2, 0.25) is 0 Å². The minimum Gasteiger partial charge on any atom is -0.394 e. The Kier molecular flexibility index (Phi) is 3.47. The molecule has 0 unspecified atom stereocenters. The molecular formula is C13H14FN3O3. The quantitative estimate of drug-likeness (QED) is 0.809. The summed E-state index contributed by atoms with van der Waals surface area (Å²) in [5.74, 6) is -0.585. The van der Waals surface area contributed by atoms with Crippen molar-refractivity contribution in [1.82, 2.24) is 14.5 Å². The SMILES string of the molecule is OC[C@H]1O[C@@H](n2cnc(-c3cccnc3F)c2)C[C@@H]1O. The Morgan fingerprint density at radius 2 is 2.30 bits per heavy atom. The van der Waals surface area contributed by atoms with Crippen molar-refractivity contribution in [3.05, 3.63) is 36.8 Å². The predicted molar refractivity (Wildman–Crippen MR) is 67.0 cm³/mol. The van der Waals surface area contributed by atoms with Gasteiger partial charge in [0.05, 0.1) is 30.3 Å². The fourth-order valence-corrected chi connectivity index (χ4v) is 2.27. The maximum Gasteiger partial charge on any atom is 0.222 e. The van der Waals surface area contributed by atoms with E-state index >= 15 is 0 Å². The molecule has 0 bridgehead atoms. The van der Waals surface area contributed by atoms with Crippen LogP contribution >= 0.6 is 0 Å². The number of pyridine rings is 1. The van der Waals surface area contributed by atoms with Gasteiger partial charge in [-0.2, -0.15) is 4.39 Å². The van der Waals surface area contributed by atoms with Crippen molar-refractivity contribution in [1.29, 1.82) is 0 Å². The summed E-state index contributed by atoms with van der Waals surface area (Å²) < 4.78 is 20.7. The lowest BCUT2D eigenvalue weighted by Gasteiger charge is -2.12. The number of hydrogen-bond acceptors (Lipinski definition) is 5. The van der Waals surface area contributed by atoms with Crippen LogP contribution in [-0.4, -0.2) is 43.6 Å². The monoisotopic (exact) mass is 279 g/mol. The fourth-order valence-electron chi connectivity index (χ4n) is 2.27. The van der Waals surface area contributed by atoms with Crippen molar-refractivity contribution < 1.29 is 19.3 Å². The third kappa shape index (κ3) is 2.31. The van der Waals surface area contributed by atoms with Crippen LogP contribution in [0.4, 0.5) is 4.39 Å². The Balaban J connectivity index is 1.83. The van der Waals surface area contributed by atoms with E-state index in [9.17, 15) is 9.50 Å². The number of aliphatic hydroxyl groups excluding tert-OH is 2. The zero-order chi connectivity index (χ0) is 14.1. The van der Waals surface area contributed by atoms with E-state index in [1.807, 2.05) is 0 Å². The Labute approximate surface area is 114 Å². The van der Waals surface area contributed by atoms with E-state index < -0.39 is 24.4 Å². The molecule has 3 heterocycles. The molecule has 1 fully saturated rings. The lowest BCUT2D eigenvalue weighted by atomic mass is 10.2. The highest BCUT2D eigenvalue weighted by Gasteiger charge is 2.34. The summed E-state index contributed by atoms with van der Waals surface area (Å²) in [5, 5.41) is 18.8. The second kappa shape index (κ2) is 5.28. The highest BCUT2D eigenvalue weighted by molar-refractivity contribution is 5.57. The largest absolute Gasteiger partial charge is 0.394 e. The Bertz CT molecular complexity index is 604. The predicted octanol–water partition coefficient (Wildman–Crippen LogP) is 0.725. The molecular weight excluding hydrogens is 265 g/mol. The molecule has 3 rings (SSSR count). The van der Waals surface area contributed by atoms with E-state index in [0.717, 1.165) is 0 Å². The molecule has 2 aromatic rings. The minimum atomic E-state index is -0.717. The molecule has 0 aliphatic carbocycles. The van der Waals surface area contributed by atoms with E-state index in [1.54, 1.807) is 22.9 Å². The van der Waals surface area contributed by atoms with Gasteiger partial charge in [0.25, 0.3) is 0 Å². The maximum absolute atomic E-state index is 13.6. The van der Waals surface area contributed by atoms with Crippen molar-refractivity contribution in [2.45, 2.75) is 24.9 Å². The zero-order valence-corrected chi connectivity index (χ0v) is 10.6. The number of halogens is 1. The number of aliphatic hydroxyl groups is 2. The molecule has 0 spiro atoms. The zero-order valence-electron chi connectivity index (χ0n) is 10.6. The molecule has 2 N–H and O–H groups in total. The van der Waals surface area contributed by atoms with Crippen LogP contribution in [0.5, 0.6) is 0 Å². The molecule has 0 amide bonds. The van der Waals surface area contributed by atoms with Gasteiger partial charge in [0, 0.05) is 18.8 Å². The first-order chi connectivity index (χ1) is 9.69. The first kappa shape index (κ1) is 13.2. The standard InChI is InChI=1S/C13H14FN3O3/c14-13-8(2-1-3-15-13)9-5-17(7-16-9)12-4-10(19)11(6-18)20-12/h1-3,5,7,10-12,18-19H,4,6H2/t10-,11+,12+/m0/s1. The van der Waals surface area contributed by atoms with Crippen LogP contribution in [0.25, 0.3) is 11.3 Å². The molecule has 1 aliphatic rings. The van der Waals surface area contributed by atoms with Gasteiger partial charge in [-0.15, -0.1) is 0 Å². The van der Waals surface area contributed by atoms with Gasteiger partial charge in [-0.1, -0.05) is 0 Å². The van der Waals surface area contributed by atoms with Gasteiger partial charge in [-0.3, -0.25) is 0 Å². The van der Waals surface area contributed by atoms with Crippen molar-refractivity contribution in [2.75, 3.05) is 6.61 Å². The number of hydrogen-bond donors (Lipinski definition) is 2. The molecule has 7 heteroatoms. The summed E-state index contributed by atoms with van der Waals surface area (Å²) in [7, 11) is 0. The Morgan fingerprint density at radius 3 is 3.00 bits per heavy atom. The molecule has 0 aromatic carbocycles. The number of nitrogens with zero attached hydrogens (tertiary/aromatic N) is 3. The highest BCUT2D eigenvalue weighted by atomic mass is 19.1. The van der Waals surface area contributed by atoms with Gasteiger partial charge in [0.2, 0.25) is 5.95 Å². The lowest BCUT2D eigenvalue weighted by Crippen LogP contribution is -2.24. The molecule has 6 nitrogen and oxygen atoms in total. The van der Waals surface area contributed by atoms with E-state index in [2.05, 4.69) is 9.97 Å². The Morgan fingerprint density at radius 1 is 1.45 bits per heavy atom. The molecule has 20 heavy (non-hydrogen) atoms. The van der Waals surface area contributed by atoms with Crippen LogP contribution in [0.1, 0.15) is 12.6 Å². The van der Waals surface area contributed by atoms with Crippen LogP contribution in [0, 0.1) is 5.95 Å². The lowest BCUT2D eigenvalue weighted by molar-refractivity contribution is -0.0443. The van der Waals surface area contributed by atoms with Gasteiger partial charge >= 0.3 is 0 Å². The summed E-state index contributed by atoms with van der Waals surface area (Å²) in [6.45, 7) is -0.240. The second-order valence-corrected chi connectivity index (χ2v) is 4.66. The highest BCUT2D eigenvalue weighted by Crippen LogP contribution is 2.30. The minimum absolute atomic E-state index is 0.240. The van der Waals surface area contributed by atoms with Gasteiger partial charge in [-0.05, 0) is 12.1 Å². The van der Waals surface area contributed by atoms with Gasteiger partial charge < -0.3 is 19.5 Å². The summed E-state index contributed by atoms with van der Waals surface area (Å²) in [4.78, 5) is 7.71. The molecule has 1 aliphatic heterocycles. The Hall–Kier alpha value is -1.83. The van der Waals surface area contributed by atoms with E-state index in [1.165, 1.54) is 12.5 Å². The van der Waals surface area contributed by atoms with E-state index in [4.69, 9.17) is 9.84 Å². The van der Waals surface area contributed by atoms with Gasteiger partial charge in [0.15, 0.2) is 0 Å². The van der Waals surface area contributed by atoms with E-state index in [-0.39, 0.29) is 6.61 Å². The number of rotatable bonds is 3. The average molecular weight is 279 g/mol. The van der Waals surface area contributed by atoms with Gasteiger partial charge in [0.1, 0.15) is 12.3 Å². The normalized spacial score (nSPS) is 26.1. The fraction of sp³-hybridized carbons (Fsp3) is 0.385. The van der Waals surface area contributed by atoms with E-state index in [0.29, 0.717) is 17.7 Å². The van der Waals surface area contributed by atoms with Crippen molar-refractivity contribution in [3.8, 4) is 11.3 Å². The first-order valence-electron chi connectivity index (χ1n) is 6.28. The third-order valence-electron chi connectivity index (χ3n) is 3.35. The summed E-state index contributed by atoms with van der Waals surface area (Å²) in [6, 6.07) is 3.23. The molecule has 1 saturated heterocycles. The van der Waals surface area contributed by atoms with Crippen LogP contribution in [0.3, 0.4) is 0 Å². The summed E-state index contributed by atoms with van der Waals surface area (Å²) in [6.07, 6.45) is 3.15. The molecule has 106 valence electrons. The maximum atomic E-state index is 13.6. The van der Waals surface area contributed by atoms with Crippen LogP contribution in [-0.2, 0) is 4.74 Å². The van der Waals surface area contributed by atoms with Crippen LogP contribution in [0.15, 0.2) is 30.9 Å². The number of aromatic nitrogens is 3. The first-order valence-corrected chi connectivity index (χ1v) is 6.28. The topological polar surface area (TPSA) is 80.4 Å². The number of ether oxygens (including phenoxy) is 1. The third-order valence-corrected chi connectivity index (χ3v) is 3.35. The summed E-state index contributed by atoms with van der Waals surface area (Å²) >= 11 is 0. The van der Waals surface area contributed by atoms with Crippen molar-refractivity contribution >= 4 is 0 Å². The molecule has 3 atom stereocenters. The molecule has 0 radical (unpaired) electrons. The van der Waals surface area contributed by atoms with Crippen LogP contribution < -0.4 is 0 Å². The van der Waals surface area contributed by atoms with Gasteiger partial charge in [-0.25, -0.2) is 9.97 Å². The smallest absolute Gasteiger partial charge is 0.222 e. The summed E-state index contributed by atoms with van der Waals surface area (Å²) in [5.41, 5.74) is 0.754.